The fraction of sp³-hybridized carbons (Fsp3) is 0.333. The van der Waals surface area contributed by atoms with E-state index < -0.39 is 5.91 Å². The number of nitrogens with zero attached hydrogens (tertiary/aromatic N) is 1. The second-order valence-electron chi connectivity index (χ2n) is 7.91. The number of rotatable bonds is 12. The van der Waals surface area contributed by atoms with Gasteiger partial charge in [-0.15, -0.1) is 0 Å². The third-order valence-corrected chi connectivity index (χ3v) is 5.74. The molecular weight excluding hydrogens is 464 g/mol. The van der Waals surface area contributed by atoms with Crippen LogP contribution in [0.2, 0.25) is 0 Å². The molecule has 0 fully saturated rings. The molecule has 192 valence electrons. The van der Waals surface area contributed by atoms with E-state index in [4.69, 9.17) is 33.9 Å². The fourth-order valence-electron chi connectivity index (χ4n) is 3.79. The van der Waals surface area contributed by atoms with Crippen LogP contribution in [0.5, 0.6) is 28.7 Å². The lowest BCUT2D eigenvalue weighted by Gasteiger charge is -2.18. The third kappa shape index (κ3) is 6.17. The average molecular weight is 497 g/mol. The van der Waals surface area contributed by atoms with Crippen molar-refractivity contribution in [2.45, 2.75) is 32.3 Å². The number of hydroxylamine groups is 1. The van der Waals surface area contributed by atoms with Crippen LogP contribution in [0.3, 0.4) is 0 Å². The van der Waals surface area contributed by atoms with E-state index in [9.17, 15) is 4.79 Å². The topological polar surface area (TPSA) is 108 Å². The number of aromatic nitrogens is 1. The molecule has 0 saturated heterocycles. The van der Waals surface area contributed by atoms with E-state index in [0.29, 0.717) is 46.6 Å². The monoisotopic (exact) mass is 496 g/mol. The van der Waals surface area contributed by atoms with Gasteiger partial charge in [0.05, 0.1) is 40.2 Å². The number of carbonyl (C=O) groups is 1. The average Bonchev–Trinajstić information content (AvgIpc) is 2.93. The van der Waals surface area contributed by atoms with E-state index >= 15 is 0 Å². The normalized spacial score (nSPS) is 11.4. The van der Waals surface area contributed by atoms with E-state index in [1.165, 1.54) is 0 Å². The SMILES string of the molecule is CCC(CCC(=O)NO)Oc1ccc(-c2nc(-c3cc(OC)c(OC)c(OC)c3)ccc2OC)cc1. The van der Waals surface area contributed by atoms with Gasteiger partial charge in [0.2, 0.25) is 11.7 Å². The molecule has 1 aromatic heterocycles. The Morgan fingerprint density at radius 1 is 0.889 bits per heavy atom. The first-order valence-electron chi connectivity index (χ1n) is 11.5. The molecule has 9 nitrogen and oxygen atoms in total. The molecule has 3 aromatic rings. The summed E-state index contributed by atoms with van der Waals surface area (Å²) in [5.41, 5.74) is 4.67. The summed E-state index contributed by atoms with van der Waals surface area (Å²) in [6.45, 7) is 1.99. The molecule has 1 unspecified atom stereocenters. The van der Waals surface area contributed by atoms with Crippen LogP contribution >= 0.6 is 0 Å². The Labute approximate surface area is 210 Å². The Balaban J connectivity index is 1.90. The van der Waals surface area contributed by atoms with Crippen LogP contribution in [0.25, 0.3) is 22.5 Å². The number of nitrogens with one attached hydrogen (secondary N) is 1. The predicted octanol–water partition coefficient (Wildman–Crippen LogP) is 4.89. The van der Waals surface area contributed by atoms with E-state index in [-0.39, 0.29) is 12.5 Å². The molecule has 0 bridgehead atoms. The largest absolute Gasteiger partial charge is 0.494 e. The maximum Gasteiger partial charge on any atom is 0.243 e. The first-order valence-corrected chi connectivity index (χ1v) is 11.5. The van der Waals surface area contributed by atoms with Crippen LogP contribution in [-0.2, 0) is 4.79 Å². The van der Waals surface area contributed by atoms with Crippen molar-refractivity contribution in [1.82, 2.24) is 10.5 Å². The summed E-state index contributed by atoms with van der Waals surface area (Å²) in [5.74, 6) is 2.45. The molecule has 1 atom stereocenters. The van der Waals surface area contributed by atoms with Crippen molar-refractivity contribution in [2.24, 2.45) is 0 Å². The first kappa shape index (κ1) is 26.6. The van der Waals surface area contributed by atoms with Gasteiger partial charge in [0.1, 0.15) is 17.2 Å². The molecule has 36 heavy (non-hydrogen) atoms. The minimum Gasteiger partial charge on any atom is -0.494 e. The number of methoxy groups -OCH3 is 4. The minimum atomic E-state index is -0.433. The van der Waals surface area contributed by atoms with Gasteiger partial charge in [-0.25, -0.2) is 10.5 Å². The van der Waals surface area contributed by atoms with Gasteiger partial charge in [0, 0.05) is 17.5 Å². The molecule has 2 aromatic carbocycles. The van der Waals surface area contributed by atoms with E-state index in [1.54, 1.807) is 33.9 Å². The van der Waals surface area contributed by atoms with Crippen LogP contribution < -0.4 is 29.2 Å². The van der Waals surface area contributed by atoms with Crippen molar-refractivity contribution in [3.63, 3.8) is 0 Å². The second-order valence-corrected chi connectivity index (χ2v) is 7.91. The Kier molecular flexibility index (Phi) is 9.35. The molecule has 2 N–H and O–H groups in total. The van der Waals surface area contributed by atoms with Gasteiger partial charge in [-0.2, -0.15) is 0 Å². The van der Waals surface area contributed by atoms with Gasteiger partial charge in [-0.3, -0.25) is 10.0 Å². The molecule has 0 spiro atoms. The van der Waals surface area contributed by atoms with Crippen molar-refractivity contribution in [3.05, 3.63) is 48.5 Å². The molecule has 0 aliphatic rings. The summed E-state index contributed by atoms with van der Waals surface area (Å²) in [6.07, 6.45) is 1.26. The molecule has 0 aliphatic heterocycles. The van der Waals surface area contributed by atoms with Crippen LogP contribution in [0.1, 0.15) is 26.2 Å². The van der Waals surface area contributed by atoms with Crippen LogP contribution in [0.15, 0.2) is 48.5 Å². The maximum atomic E-state index is 11.3. The highest BCUT2D eigenvalue weighted by Gasteiger charge is 2.17. The van der Waals surface area contributed by atoms with Crippen LogP contribution in [0, 0.1) is 0 Å². The van der Waals surface area contributed by atoms with E-state index in [0.717, 1.165) is 17.5 Å². The molecule has 0 radical (unpaired) electrons. The molecule has 0 saturated carbocycles. The highest BCUT2D eigenvalue weighted by molar-refractivity contribution is 5.75. The Morgan fingerprint density at radius 2 is 1.53 bits per heavy atom. The van der Waals surface area contributed by atoms with Crippen LogP contribution in [-0.4, -0.2) is 50.6 Å². The maximum absolute atomic E-state index is 11.3. The van der Waals surface area contributed by atoms with Gasteiger partial charge in [-0.05, 0) is 61.4 Å². The van der Waals surface area contributed by atoms with Crippen LogP contribution in [0.4, 0.5) is 0 Å². The number of hydrogen-bond acceptors (Lipinski definition) is 8. The zero-order chi connectivity index (χ0) is 26.1. The van der Waals surface area contributed by atoms with Crippen molar-refractivity contribution >= 4 is 5.91 Å². The quantitative estimate of drug-likeness (QED) is 0.269. The van der Waals surface area contributed by atoms with Crippen molar-refractivity contribution in [1.29, 1.82) is 0 Å². The van der Waals surface area contributed by atoms with Crippen molar-refractivity contribution in [2.75, 3.05) is 28.4 Å². The number of amides is 1. The highest BCUT2D eigenvalue weighted by atomic mass is 16.5. The van der Waals surface area contributed by atoms with Gasteiger partial charge in [0.15, 0.2) is 11.5 Å². The zero-order valence-electron chi connectivity index (χ0n) is 21.2. The molecule has 9 heteroatoms. The lowest BCUT2D eigenvalue weighted by atomic mass is 10.1. The molecule has 1 heterocycles. The smallest absolute Gasteiger partial charge is 0.243 e. The summed E-state index contributed by atoms with van der Waals surface area (Å²) in [4.78, 5) is 16.2. The Bertz CT molecular complexity index is 1140. The summed E-state index contributed by atoms with van der Waals surface area (Å²) < 4.78 is 28.0. The van der Waals surface area contributed by atoms with Gasteiger partial charge < -0.3 is 23.7 Å². The summed E-state index contributed by atoms with van der Waals surface area (Å²) >= 11 is 0. The van der Waals surface area contributed by atoms with Gasteiger partial charge in [0.25, 0.3) is 0 Å². The fourth-order valence-corrected chi connectivity index (χ4v) is 3.79. The van der Waals surface area contributed by atoms with Crippen molar-refractivity contribution in [3.8, 4) is 51.3 Å². The van der Waals surface area contributed by atoms with E-state index in [2.05, 4.69) is 0 Å². The lowest BCUT2D eigenvalue weighted by Crippen LogP contribution is -2.23. The summed E-state index contributed by atoms with van der Waals surface area (Å²) in [6, 6.07) is 15.0. The number of carbonyl (C=O) groups excluding carboxylic acids is 1. The number of pyridine rings is 1. The third-order valence-electron chi connectivity index (χ3n) is 5.74. The number of ether oxygens (including phenoxy) is 5. The summed E-state index contributed by atoms with van der Waals surface area (Å²) in [7, 11) is 6.31. The first-order chi connectivity index (χ1) is 17.5. The molecule has 3 rings (SSSR count). The summed E-state index contributed by atoms with van der Waals surface area (Å²) in [5, 5.41) is 8.69. The minimum absolute atomic E-state index is 0.149. The number of benzene rings is 2. The predicted molar refractivity (Wildman–Crippen MR) is 135 cm³/mol. The molecule has 1 amide bonds. The Hall–Kier alpha value is -3.98. The van der Waals surface area contributed by atoms with Crippen molar-refractivity contribution < 1.29 is 33.7 Å². The molecule has 0 aliphatic carbocycles. The molecular formula is C27H32N2O7. The standard InChI is InChI=1S/C27H32N2O7/c1-6-19(11-14-25(30)29-31)36-20-9-7-17(8-10-20)26-22(32-2)13-12-21(28-26)18-15-23(33-3)27(35-5)24(16-18)34-4/h7-10,12-13,15-16,19,31H,6,11,14H2,1-5H3,(H,29,30). The van der Waals surface area contributed by atoms with Gasteiger partial charge >= 0.3 is 0 Å². The number of hydrogen-bond donors (Lipinski definition) is 2. The lowest BCUT2D eigenvalue weighted by molar-refractivity contribution is -0.129. The highest BCUT2D eigenvalue weighted by Crippen LogP contribution is 2.41. The Morgan fingerprint density at radius 3 is 2.06 bits per heavy atom. The zero-order valence-corrected chi connectivity index (χ0v) is 21.2. The van der Waals surface area contributed by atoms with E-state index in [1.807, 2.05) is 55.5 Å². The second kappa shape index (κ2) is 12.6. The van der Waals surface area contributed by atoms with Gasteiger partial charge in [-0.1, -0.05) is 6.92 Å².